The molecule has 0 aliphatic heterocycles. The molecule has 0 saturated heterocycles. The van der Waals surface area contributed by atoms with E-state index in [2.05, 4.69) is 43.5 Å². The van der Waals surface area contributed by atoms with Crippen LogP contribution in [0.3, 0.4) is 0 Å². The van der Waals surface area contributed by atoms with Crippen molar-refractivity contribution in [2.24, 2.45) is 0 Å². The summed E-state index contributed by atoms with van der Waals surface area (Å²) in [6.45, 7) is 8.72. The van der Waals surface area contributed by atoms with Crippen LogP contribution in [0, 0.1) is 0 Å². The molecule has 0 atom stereocenters. The molecule has 0 aliphatic rings. The van der Waals surface area contributed by atoms with Gasteiger partial charge in [-0.1, -0.05) is 50.2 Å². The van der Waals surface area contributed by atoms with Crippen LogP contribution in [0.25, 0.3) is 0 Å². The van der Waals surface area contributed by atoms with Crippen LogP contribution in [0.2, 0.25) is 0 Å². The van der Waals surface area contributed by atoms with Gasteiger partial charge in [-0.25, -0.2) is 0 Å². The zero-order valence-electron chi connectivity index (χ0n) is 19.6. The normalized spacial score (nSPS) is 10.1. The first-order chi connectivity index (χ1) is 15.3. The Kier molecular flexibility index (Phi) is 10.9. The topological polar surface area (TPSA) is 98.7 Å². The third kappa shape index (κ3) is 7.06. The van der Waals surface area contributed by atoms with Crippen molar-refractivity contribution in [1.82, 2.24) is 4.90 Å². The molecule has 172 valence electrons. The van der Waals surface area contributed by atoms with Crippen molar-refractivity contribution in [3.8, 4) is 5.75 Å². The standard InChI is InChI=1S/C18H14N2O4.C5H13N.C2H6/c21-10-12-7-4-8-13(16(12)22)20-15-14(17(23)18(15)24)19-9-11-5-2-1-3-6-11;1-5(2)6(3)4;1-2/h1-8,10,19-20,22H,9H2;5H,1-4H3;1-2H3. The summed E-state index contributed by atoms with van der Waals surface area (Å²) in [5, 5.41) is 15.6. The van der Waals surface area contributed by atoms with Crippen molar-refractivity contribution < 1.29 is 9.90 Å². The molecule has 3 N–H and O–H groups in total. The fourth-order valence-corrected chi connectivity index (χ4v) is 2.36. The predicted molar refractivity (Wildman–Crippen MR) is 132 cm³/mol. The number of hydrogen-bond acceptors (Lipinski definition) is 7. The fourth-order valence-electron chi connectivity index (χ4n) is 2.36. The Labute approximate surface area is 189 Å². The van der Waals surface area contributed by atoms with Gasteiger partial charge >= 0.3 is 0 Å². The van der Waals surface area contributed by atoms with Crippen LogP contribution >= 0.6 is 0 Å². The number of nitrogens with one attached hydrogen (secondary N) is 2. The quantitative estimate of drug-likeness (QED) is 0.289. The number of benzene rings is 2. The number of aldehydes is 1. The first-order valence-electron chi connectivity index (χ1n) is 10.6. The number of carbonyl (C=O) groups excluding carboxylic acids is 1. The van der Waals surface area contributed by atoms with Gasteiger partial charge in [0.05, 0.1) is 11.3 Å². The number of aromatic hydroxyl groups is 1. The van der Waals surface area contributed by atoms with E-state index in [0.29, 0.717) is 18.9 Å². The van der Waals surface area contributed by atoms with Crippen LogP contribution in [0.4, 0.5) is 17.1 Å². The van der Waals surface area contributed by atoms with Crippen LogP contribution in [0.5, 0.6) is 5.75 Å². The number of phenolic OH excluding ortho intramolecular Hbond substituents is 1. The summed E-state index contributed by atoms with van der Waals surface area (Å²) in [7, 11) is 4.15. The van der Waals surface area contributed by atoms with Crippen molar-refractivity contribution in [3.05, 3.63) is 80.1 Å². The van der Waals surface area contributed by atoms with Crippen LogP contribution in [-0.2, 0) is 6.54 Å². The first kappa shape index (κ1) is 26.6. The summed E-state index contributed by atoms with van der Waals surface area (Å²) in [6, 6.07) is 14.6. The second-order valence-corrected chi connectivity index (χ2v) is 7.29. The molecule has 7 nitrogen and oxygen atoms in total. The Morgan fingerprint density at radius 3 is 2.03 bits per heavy atom. The van der Waals surface area contributed by atoms with Crippen molar-refractivity contribution in [2.75, 3.05) is 24.7 Å². The first-order valence-corrected chi connectivity index (χ1v) is 10.6. The number of phenols is 1. The van der Waals surface area contributed by atoms with Gasteiger partial charge in [-0.3, -0.25) is 14.4 Å². The highest BCUT2D eigenvalue weighted by Gasteiger charge is 2.22. The molecule has 0 radical (unpaired) electrons. The van der Waals surface area contributed by atoms with E-state index in [1.807, 2.05) is 44.2 Å². The van der Waals surface area contributed by atoms with Gasteiger partial charge in [0.2, 0.25) is 0 Å². The van der Waals surface area contributed by atoms with Crippen LogP contribution in [0.1, 0.15) is 43.6 Å². The van der Waals surface area contributed by atoms with Crippen molar-refractivity contribution in [2.45, 2.75) is 40.3 Å². The van der Waals surface area contributed by atoms with Gasteiger partial charge in [0, 0.05) is 12.6 Å². The number of anilines is 3. The molecule has 0 unspecified atom stereocenters. The third-order valence-corrected chi connectivity index (χ3v) is 4.71. The second-order valence-electron chi connectivity index (χ2n) is 7.29. The lowest BCUT2D eigenvalue weighted by atomic mass is 10.1. The summed E-state index contributed by atoms with van der Waals surface area (Å²) in [4.78, 5) is 36.6. The molecule has 0 fully saturated rings. The highest BCUT2D eigenvalue weighted by Crippen LogP contribution is 2.30. The largest absolute Gasteiger partial charge is 0.505 e. The van der Waals surface area contributed by atoms with Gasteiger partial charge in [0.15, 0.2) is 6.29 Å². The predicted octanol–water partition coefficient (Wildman–Crippen LogP) is 4.14. The number of para-hydroxylation sites is 1. The minimum atomic E-state index is -0.665. The van der Waals surface area contributed by atoms with E-state index in [0.717, 1.165) is 5.56 Å². The molecule has 0 aromatic heterocycles. The number of nitrogens with zero attached hydrogens (tertiary/aromatic N) is 1. The Bertz CT molecular complexity index is 1050. The maximum absolute atomic E-state index is 11.8. The average Bonchev–Trinajstić information content (AvgIpc) is 2.81. The molecule has 0 heterocycles. The van der Waals surface area contributed by atoms with Gasteiger partial charge < -0.3 is 20.6 Å². The summed E-state index contributed by atoms with van der Waals surface area (Å²) >= 11 is 0. The number of hydrogen-bond donors (Lipinski definition) is 3. The summed E-state index contributed by atoms with van der Waals surface area (Å²) < 4.78 is 0. The molecule has 32 heavy (non-hydrogen) atoms. The molecule has 0 amide bonds. The van der Waals surface area contributed by atoms with E-state index in [-0.39, 0.29) is 28.4 Å². The highest BCUT2D eigenvalue weighted by molar-refractivity contribution is 5.87. The second kappa shape index (κ2) is 13.1. The van der Waals surface area contributed by atoms with Crippen molar-refractivity contribution in [3.63, 3.8) is 0 Å². The maximum Gasteiger partial charge on any atom is 0.253 e. The lowest BCUT2D eigenvalue weighted by molar-refractivity contribution is 0.112. The maximum atomic E-state index is 11.8. The van der Waals surface area contributed by atoms with Gasteiger partial charge in [0.1, 0.15) is 17.1 Å². The van der Waals surface area contributed by atoms with Gasteiger partial charge in [-0.05, 0) is 45.6 Å². The van der Waals surface area contributed by atoms with E-state index in [1.54, 1.807) is 6.07 Å². The SMILES string of the molecule is CC.CC(C)N(C)C.O=Cc1cccc(Nc2c(NCc3ccccc3)c(=O)c2=O)c1O. The van der Waals surface area contributed by atoms with Crippen LogP contribution in [0.15, 0.2) is 58.1 Å². The molecule has 0 aliphatic carbocycles. The fraction of sp³-hybridized carbons (Fsp3) is 0.320. The molecule has 0 bridgehead atoms. The molecule has 0 spiro atoms. The molecular formula is C25H33N3O4. The lowest BCUT2D eigenvalue weighted by Crippen LogP contribution is -2.36. The lowest BCUT2D eigenvalue weighted by Gasteiger charge is -2.16. The Balaban J connectivity index is 0.000000556. The minimum Gasteiger partial charge on any atom is -0.505 e. The smallest absolute Gasteiger partial charge is 0.253 e. The van der Waals surface area contributed by atoms with Crippen LogP contribution < -0.4 is 21.5 Å². The molecule has 0 saturated carbocycles. The van der Waals surface area contributed by atoms with Gasteiger partial charge in [0.25, 0.3) is 10.9 Å². The molecule has 3 rings (SSSR count). The molecule has 3 aromatic rings. The van der Waals surface area contributed by atoms with Crippen molar-refractivity contribution >= 4 is 23.3 Å². The summed E-state index contributed by atoms with van der Waals surface area (Å²) in [6.07, 6.45) is 0.511. The number of carbonyl (C=O) groups is 1. The van der Waals surface area contributed by atoms with Crippen molar-refractivity contribution in [1.29, 1.82) is 0 Å². The Morgan fingerprint density at radius 1 is 0.938 bits per heavy atom. The Hall–Kier alpha value is -3.45. The molecule has 3 aromatic carbocycles. The average molecular weight is 440 g/mol. The van der Waals surface area contributed by atoms with E-state index in [1.165, 1.54) is 12.1 Å². The Morgan fingerprint density at radius 2 is 1.50 bits per heavy atom. The van der Waals surface area contributed by atoms with E-state index in [9.17, 15) is 19.5 Å². The third-order valence-electron chi connectivity index (χ3n) is 4.71. The van der Waals surface area contributed by atoms with E-state index >= 15 is 0 Å². The highest BCUT2D eigenvalue weighted by atomic mass is 16.3. The van der Waals surface area contributed by atoms with Gasteiger partial charge in [-0.2, -0.15) is 0 Å². The monoisotopic (exact) mass is 439 g/mol. The summed E-state index contributed by atoms with van der Waals surface area (Å²) in [5.41, 5.74) is 0.212. The molecule has 7 heteroatoms. The van der Waals surface area contributed by atoms with E-state index < -0.39 is 10.9 Å². The van der Waals surface area contributed by atoms with E-state index in [4.69, 9.17) is 0 Å². The van der Waals surface area contributed by atoms with Crippen LogP contribution in [-0.4, -0.2) is 36.4 Å². The zero-order valence-corrected chi connectivity index (χ0v) is 19.6. The zero-order chi connectivity index (χ0) is 24.3. The van der Waals surface area contributed by atoms with Gasteiger partial charge in [-0.15, -0.1) is 0 Å². The number of rotatable bonds is 7. The molecular weight excluding hydrogens is 406 g/mol. The minimum absolute atomic E-state index is 0.0780. The summed E-state index contributed by atoms with van der Waals surface area (Å²) in [5.74, 6) is -0.269.